The summed E-state index contributed by atoms with van der Waals surface area (Å²) in [5.41, 5.74) is -0.155. The van der Waals surface area contributed by atoms with Crippen molar-refractivity contribution in [3.8, 4) is 11.1 Å². The number of aromatic nitrogens is 1. The molecule has 1 heterocycles. The van der Waals surface area contributed by atoms with Crippen LogP contribution in [0.4, 0.5) is 17.6 Å². The van der Waals surface area contributed by atoms with Gasteiger partial charge in [-0.25, -0.2) is 17.6 Å². The van der Waals surface area contributed by atoms with E-state index in [0.717, 1.165) is 6.07 Å². The van der Waals surface area contributed by atoms with E-state index in [1.54, 1.807) is 6.07 Å². The van der Waals surface area contributed by atoms with Crippen LogP contribution in [-0.2, 0) is 0 Å². The molecule has 0 N–H and O–H groups in total. The molecule has 106 valence electrons. The summed E-state index contributed by atoms with van der Waals surface area (Å²) in [4.78, 5) is 3.94. The van der Waals surface area contributed by atoms with Crippen molar-refractivity contribution in [1.29, 1.82) is 0 Å². The minimum Gasteiger partial charge on any atom is -0.253 e. The van der Waals surface area contributed by atoms with Crippen molar-refractivity contribution in [2.75, 3.05) is 0 Å². The topological polar surface area (TPSA) is 12.9 Å². The summed E-state index contributed by atoms with van der Waals surface area (Å²) < 4.78 is 53.1. The van der Waals surface area contributed by atoms with E-state index < -0.39 is 23.6 Å². The zero-order valence-corrected chi connectivity index (χ0v) is 10.7. The van der Waals surface area contributed by atoms with Crippen LogP contribution in [0.25, 0.3) is 22.0 Å². The van der Waals surface area contributed by atoms with E-state index in [-0.39, 0.29) is 11.1 Å². The highest BCUT2D eigenvalue weighted by atomic mass is 19.3. The predicted molar refractivity (Wildman–Crippen MR) is 72.1 cm³/mol. The maximum Gasteiger partial charge on any atom is 0.266 e. The summed E-state index contributed by atoms with van der Waals surface area (Å²) in [6.45, 7) is 0. The Hall–Kier alpha value is -2.43. The molecule has 0 unspecified atom stereocenters. The molecule has 5 heteroatoms. The summed E-state index contributed by atoms with van der Waals surface area (Å²) in [6.07, 6.45) is -1.62. The fraction of sp³-hybridized carbons (Fsp3) is 0.0625. The normalized spacial score (nSPS) is 11.3. The van der Waals surface area contributed by atoms with E-state index in [1.807, 2.05) is 0 Å². The van der Waals surface area contributed by atoms with Crippen LogP contribution in [0.2, 0.25) is 0 Å². The van der Waals surface area contributed by atoms with Crippen LogP contribution in [-0.4, -0.2) is 4.98 Å². The van der Waals surface area contributed by atoms with Crippen LogP contribution >= 0.6 is 0 Å². The third kappa shape index (κ3) is 2.35. The van der Waals surface area contributed by atoms with Crippen LogP contribution in [0, 0.1) is 11.6 Å². The van der Waals surface area contributed by atoms with Crippen molar-refractivity contribution in [1.82, 2.24) is 4.98 Å². The van der Waals surface area contributed by atoms with E-state index in [9.17, 15) is 17.6 Å². The maximum absolute atomic E-state index is 14.1. The summed E-state index contributed by atoms with van der Waals surface area (Å²) in [6, 6.07) is 9.72. The minimum absolute atomic E-state index is 0.0199. The summed E-state index contributed by atoms with van der Waals surface area (Å²) in [5, 5.41) is 0.481. The molecule has 0 bridgehead atoms. The second-order valence-electron chi connectivity index (χ2n) is 4.55. The Balaban J connectivity index is 2.19. The Kier molecular flexibility index (Phi) is 3.33. The van der Waals surface area contributed by atoms with Gasteiger partial charge < -0.3 is 0 Å². The van der Waals surface area contributed by atoms with Crippen molar-refractivity contribution in [3.63, 3.8) is 0 Å². The molecule has 0 amide bonds. The molecule has 0 aliphatic rings. The molecule has 0 aliphatic carbocycles. The van der Waals surface area contributed by atoms with Crippen LogP contribution in [0.5, 0.6) is 0 Å². The van der Waals surface area contributed by atoms with Crippen LogP contribution in [0.15, 0.2) is 48.7 Å². The molecule has 0 atom stereocenters. The highest BCUT2D eigenvalue weighted by molar-refractivity contribution is 5.84. The van der Waals surface area contributed by atoms with Crippen LogP contribution in [0.3, 0.4) is 0 Å². The van der Waals surface area contributed by atoms with Gasteiger partial charge in [-0.05, 0) is 12.1 Å². The number of hydrogen-bond acceptors (Lipinski definition) is 1. The molecule has 1 nitrogen and oxygen atoms in total. The van der Waals surface area contributed by atoms with Gasteiger partial charge in [-0.1, -0.05) is 30.3 Å². The number of para-hydroxylation sites is 1. The van der Waals surface area contributed by atoms with E-state index in [4.69, 9.17) is 0 Å². The van der Waals surface area contributed by atoms with Gasteiger partial charge in [0.15, 0.2) is 0 Å². The highest BCUT2D eigenvalue weighted by Gasteiger charge is 2.17. The maximum atomic E-state index is 14.1. The predicted octanol–water partition coefficient (Wildman–Crippen LogP) is 5.12. The number of fused-ring (bicyclic) bond motifs is 1. The van der Waals surface area contributed by atoms with Crippen LogP contribution in [0.1, 0.15) is 12.0 Å². The number of halogens is 4. The van der Waals surface area contributed by atoms with E-state index in [2.05, 4.69) is 4.98 Å². The largest absolute Gasteiger partial charge is 0.266 e. The van der Waals surface area contributed by atoms with Crippen molar-refractivity contribution in [2.45, 2.75) is 6.43 Å². The third-order valence-corrected chi connectivity index (χ3v) is 3.24. The standard InChI is InChI=1S/C16H9F4N/c17-13-6-1-3-9-7-10(8-21-15(9)13)11-4-2-5-12(14(11)18)16(19)20/h1-8,16H. The van der Waals surface area contributed by atoms with Gasteiger partial charge in [0.1, 0.15) is 17.2 Å². The van der Waals surface area contributed by atoms with Gasteiger partial charge in [0.05, 0.1) is 5.56 Å². The van der Waals surface area contributed by atoms with Gasteiger partial charge in [-0.2, -0.15) is 0 Å². The van der Waals surface area contributed by atoms with Gasteiger partial charge in [0.2, 0.25) is 0 Å². The average Bonchev–Trinajstić information content (AvgIpc) is 2.47. The molecule has 0 saturated heterocycles. The molecular weight excluding hydrogens is 282 g/mol. The first-order chi connectivity index (χ1) is 10.1. The molecule has 21 heavy (non-hydrogen) atoms. The number of hydrogen-bond donors (Lipinski definition) is 0. The number of nitrogens with zero attached hydrogens (tertiary/aromatic N) is 1. The summed E-state index contributed by atoms with van der Waals surface area (Å²) in [7, 11) is 0. The van der Waals surface area contributed by atoms with Gasteiger partial charge in [-0.15, -0.1) is 0 Å². The lowest BCUT2D eigenvalue weighted by Crippen LogP contribution is -1.95. The van der Waals surface area contributed by atoms with Crippen molar-refractivity contribution in [3.05, 3.63) is 65.9 Å². The number of rotatable bonds is 2. The Labute approximate surface area is 117 Å². The quantitative estimate of drug-likeness (QED) is 0.597. The number of alkyl halides is 2. The van der Waals surface area contributed by atoms with E-state index in [1.165, 1.54) is 36.5 Å². The Bertz CT molecular complexity index is 814. The first-order valence-electron chi connectivity index (χ1n) is 6.19. The zero-order valence-electron chi connectivity index (χ0n) is 10.7. The molecule has 0 fully saturated rings. The van der Waals surface area contributed by atoms with Crippen LogP contribution < -0.4 is 0 Å². The lowest BCUT2D eigenvalue weighted by molar-refractivity contribution is 0.146. The van der Waals surface area contributed by atoms with Gasteiger partial charge in [-0.3, -0.25) is 4.98 Å². The minimum atomic E-state index is -2.89. The molecule has 0 aliphatic heterocycles. The Morgan fingerprint density at radius 2 is 1.71 bits per heavy atom. The van der Waals surface area contributed by atoms with Gasteiger partial charge in [0.25, 0.3) is 6.43 Å². The Morgan fingerprint density at radius 1 is 0.952 bits per heavy atom. The fourth-order valence-corrected chi connectivity index (χ4v) is 2.21. The summed E-state index contributed by atoms with van der Waals surface area (Å²) in [5.74, 6) is -1.47. The lowest BCUT2D eigenvalue weighted by atomic mass is 10.0. The third-order valence-electron chi connectivity index (χ3n) is 3.24. The number of pyridine rings is 1. The first-order valence-corrected chi connectivity index (χ1v) is 6.19. The van der Waals surface area contributed by atoms with E-state index >= 15 is 0 Å². The number of benzene rings is 2. The molecule has 0 saturated carbocycles. The zero-order chi connectivity index (χ0) is 15.0. The van der Waals surface area contributed by atoms with Crippen molar-refractivity contribution < 1.29 is 17.6 Å². The summed E-state index contributed by atoms with van der Waals surface area (Å²) >= 11 is 0. The fourth-order valence-electron chi connectivity index (χ4n) is 2.21. The average molecular weight is 291 g/mol. The van der Waals surface area contributed by atoms with Crippen molar-refractivity contribution >= 4 is 10.9 Å². The molecule has 3 aromatic rings. The van der Waals surface area contributed by atoms with Gasteiger partial charge in [0, 0.05) is 22.7 Å². The molecule has 1 aromatic heterocycles. The molecule has 3 rings (SSSR count). The lowest BCUT2D eigenvalue weighted by Gasteiger charge is -2.08. The molecule has 2 aromatic carbocycles. The van der Waals surface area contributed by atoms with Crippen molar-refractivity contribution in [2.24, 2.45) is 0 Å². The highest BCUT2D eigenvalue weighted by Crippen LogP contribution is 2.31. The first kappa shape index (κ1) is 13.5. The van der Waals surface area contributed by atoms with Gasteiger partial charge >= 0.3 is 0 Å². The monoisotopic (exact) mass is 291 g/mol. The smallest absolute Gasteiger partial charge is 0.253 e. The molecular formula is C16H9F4N. The van der Waals surface area contributed by atoms with E-state index in [0.29, 0.717) is 10.9 Å². The molecule has 0 radical (unpaired) electrons. The molecule has 0 spiro atoms. The second-order valence-corrected chi connectivity index (χ2v) is 4.55. The SMILES string of the molecule is Fc1c(-c2cnc3c(F)cccc3c2)cccc1C(F)F. The Morgan fingerprint density at radius 3 is 2.48 bits per heavy atom. The second kappa shape index (κ2) is 5.16.